The van der Waals surface area contributed by atoms with Crippen LogP contribution in [0.15, 0.2) is 18.2 Å². The normalized spacial score (nSPS) is 23.7. The first-order chi connectivity index (χ1) is 8.08. The predicted octanol–water partition coefficient (Wildman–Crippen LogP) is 3.54. The van der Waals surface area contributed by atoms with E-state index in [4.69, 9.17) is 23.2 Å². The number of hydrogen-bond donors (Lipinski definition) is 1. The molecular weight excluding hydrogens is 257 g/mol. The van der Waals surface area contributed by atoms with Crippen LogP contribution in [0.25, 0.3) is 0 Å². The lowest BCUT2D eigenvalue weighted by Crippen LogP contribution is -2.38. The zero-order valence-electron chi connectivity index (χ0n) is 9.67. The fraction of sp³-hybridized carbons (Fsp3) is 0.462. The molecule has 0 aromatic heterocycles. The van der Waals surface area contributed by atoms with E-state index >= 15 is 0 Å². The maximum atomic E-state index is 12.1. The maximum absolute atomic E-state index is 12.1. The molecule has 4 heteroatoms. The molecule has 1 N–H and O–H groups in total. The summed E-state index contributed by atoms with van der Waals surface area (Å²) < 4.78 is 0. The quantitative estimate of drug-likeness (QED) is 0.820. The van der Waals surface area contributed by atoms with Crippen LogP contribution in [0.1, 0.15) is 35.2 Å². The second-order valence-corrected chi connectivity index (χ2v) is 5.48. The van der Waals surface area contributed by atoms with E-state index in [1.807, 2.05) is 6.92 Å². The van der Waals surface area contributed by atoms with Crippen molar-refractivity contribution in [1.82, 2.24) is 5.32 Å². The molecule has 1 aromatic carbocycles. The lowest BCUT2D eigenvalue weighted by Gasteiger charge is -2.16. The Kier molecular flexibility index (Phi) is 3.95. The summed E-state index contributed by atoms with van der Waals surface area (Å²) in [6.45, 7) is 1.88. The number of alkyl halides is 1. The SMILES string of the molecule is Cc1cc(Cl)ccc1C(=O)NC1CCCC1Cl. The second kappa shape index (κ2) is 5.28. The van der Waals surface area contributed by atoms with Gasteiger partial charge in [0.1, 0.15) is 0 Å². The molecule has 1 fully saturated rings. The highest BCUT2D eigenvalue weighted by atomic mass is 35.5. The van der Waals surface area contributed by atoms with Gasteiger partial charge in [-0.05, 0) is 49.9 Å². The molecule has 0 radical (unpaired) electrons. The Hall–Kier alpha value is -0.730. The van der Waals surface area contributed by atoms with Crippen molar-refractivity contribution < 1.29 is 4.79 Å². The molecule has 0 spiro atoms. The van der Waals surface area contributed by atoms with Crippen molar-refractivity contribution >= 4 is 29.1 Å². The summed E-state index contributed by atoms with van der Waals surface area (Å²) in [5.74, 6) is -0.0586. The lowest BCUT2D eigenvalue weighted by molar-refractivity contribution is 0.0937. The Morgan fingerprint density at radius 1 is 1.41 bits per heavy atom. The van der Waals surface area contributed by atoms with E-state index in [0.717, 1.165) is 24.8 Å². The summed E-state index contributed by atoms with van der Waals surface area (Å²) in [5.41, 5.74) is 1.56. The zero-order valence-corrected chi connectivity index (χ0v) is 11.2. The van der Waals surface area contributed by atoms with Crippen LogP contribution in [-0.2, 0) is 0 Å². The number of hydrogen-bond acceptors (Lipinski definition) is 1. The van der Waals surface area contributed by atoms with Gasteiger partial charge in [0.25, 0.3) is 5.91 Å². The van der Waals surface area contributed by atoms with E-state index < -0.39 is 0 Å². The topological polar surface area (TPSA) is 29.1 Å². The van der Waals surface area contributed by atoms with Gasteiger partial charge in [-0.3, -0.25) is 4.79 Å². The minimum Gasteiger partial charge on any atom is -0.348 e. The molecule has 2 rings (SSSR count). The van der Waals surface area contributed by atoms with Crippen molar-refractivity contribution in [3.63, 3.8) is 0 Å². The van der Waals surface area contributed by atoms with E-state index in [0.29, 0.717) is 10.6 Å². The first kappa shape index (κ1) is 12.7. The average Bonchev–Trinajstić information content (AvgIpc) is 2.64. The highest BCUT2D eigenvalue weighted by Crippen LogP contribution is 2.24. The van der Waals surface area contributed by atoms with Crippen molar-refractivity contribution in [1.29, 1.82) is 0 Å². The summed E-state index contributed by atoms with van der Waals surface area (Å²) >= 11 is 12.0. The first-order valence-corrected chi connectivity index (χ1v) is 6.60. The number of carbonyl (C=O) groups is 1. The largest absolute Gasteiger partial charge is 0.348 e. The molecule has 1 aromatic rings. The standard InChI is InChI=1S/C13H15Cl2NO/c1-8-7-9(14)5-6-10(8)13(17)16-12-4-2-3-11(12)15/h5-7,11-12H,2-4H2,1H3,(H,16,17). The van der Waals surface area contributed by atoms with Crippen molar-refractivity contribution in [2.75, 3.05) is 0 Å². The van der Waals surface area contributed by atoms with E-state index in [2.05, 4.69) is 5.32 Å². The van der Waals surface area contributed by atoms with Gasteiger partial charge >= 0.3 is 0 Å². The van der Waals surface area contributed by atoms with Crippen LogP contribution in [0, 0.1) is 6.92 Å². The summed E-state index contributed by atoms with van der Waals surface area (Å²) in [4.78, 5) is 12.1. The number of carbonyl (C=O) groups excluding carboxylic acids is 1. The van der Waals surface area contributed by atoms with E-state index in [1.165, 1.54) is 0 Å². The van der Waals surface area contributed by atoms with Crippen molar-refractivity contribution in [3.8, 4) is 0 Å². The number of benzene rings is 1. The van der Waals surface area contributed by atoms with Gasteiger partial charge in [-0.1, -0.05) is 11.6 Å². The van der Waals surface area contributed by atoms with E-state index in [-0.39, 0.29) is 17.3 Å². The van der Waals surface area contributed by atoms with Crippen LogP contribution in [0.2, 0.25) is 5.02 Å². The third kappa shape index (κ3) is 2.93. The van der Waals surface area contributed by atoms with Crippen molar-refractivity contribution in [2.45, 2.75) is 37.6 Å². The molecule has 1 aliphatic carbocycles. The van der Waals surface area contributed by atoms with Crippen LogP contribution in [0.3, 0.4) is 0 Å². The summed E-state index contributed by atoms with van der Waals surface area (Å²) in [7, 11) is 0. The Morgan fingerprint density at radius 2 is 2.18 bits per heavy atom. The van der Waals surface area contributed by atoms with Gasteiger partial charge in [0.15, 0.2) is 0 Å². The number of nitrogens with one attached hydrogen (secondary N) is 1. The molecule has 17 heavy (non-hydrogen) atoms. The molecule has 0 saturated heterocycles. The molecule has 2 unspecified atom stereocenters. The van der Waals surface area contributed by atoms with Crippen LogP contribution < -0.4 is 5.32 Å². The zero-order chi connectivity index (χ0) is 12.4. The molecule has 2 atom stereocenters. The highest BCUT2D eigenvalue weighted by Gasteiger charge is 2.27. The molecule has 0 bridgehead atoms. The molecule has 1 aliphatic rings. The molecule has 1 saturated carbocycles. The monoisotopic (exact) mass is 271 g/mol. The number of aryl methyl sites for hydroxylation is 1. The molecule has 0 aliphatic heterocycles. The summed E-state index contributed by atoms with van der Waals surface area (Å²) in [5, 5.41) is 3.70. The molecule has 92 valence electrons. The van der Waals surface area contributed by atoms with Crippen LogP contribution in [-0.4, -0.2) is 17.3 Å². The van der Waals surface area contributed by atoms with Crippen molar-refractivity contribution in [3.05, 3.63) is 34.3 Å². The Bertz CT molecular complexity index is 433. The minimum absolute atomic E-state index is 0.0586. The predicted molar refractivity (Wildman–Crippen MR) is 70.9 cm³/mol. The molecule has 2 nitrogen and oxygen atoms in total. The van der Waals surface area contributed by atoms with Gasteiger partial charge in [-0.15, -0.1) is 11.6 Å². The fourth-order valence-corrected chi connectivity index (χ4v) is 2.78. The van der Waals surface area contributed by atoms with Gasteiger partial charge in [-0.2, -0.15) is 0 Å². The van der Waals surface area contributed by atoms with Gasteiger partial charge in [-0.25, -0.2) is 0 Å². The van der Waals surface area contributed by atoms with E-state index in [1.54, 1.807) is 18.2 Å². The average molecular weight is 272 g/mol. The molecule has 0 heterocycles. The number of rotatable bonds is 2. The molecular formula is C13H15Cl2NO. The van der Waals surface area contributed by atoms with Crippen LogP contribution in [0.5, 0.6) is 0 Å². The van der Waals surface area contributed by atoms with Crippen LogP contribution >= 0.6 is 23.2 Å². The third-order valence-corrected chi connectivity index (χ3v) is 3.94. The fourth-order valence-electron chi connectivity index (χ4n) is 2.21. The lowest BCUT2D eigenvalue weighted by atomic mass is 10.1. The second-order valence-electron chi connectivity index (χ2n) is 4.49. The van der Waals surface area contributed by atoms with Crippen LogP contribution in [0.4, 0.5) is 0 Å². The van der Waals surface area contributed by atoms with E-state index in [9.17, 15) is 4.79 Å². The number of amides is 1. The minimum atomic E-state index is -0.0586. The Labute approximate surface area is 111 Å². The van der Waals surface area contributed by atoms with Gasteiger partial charge < -0.3 is 5.32 Å². The Balaban J connectivity index is 2.09. The van der Waals surface area contributed by atoms with Gasteiger partial charge in [0, 0.05) is 16.6 Å². The Morgan fingerprint density at radius 3 is 2.76 bits per heavy atom. The van der Waals surface area contributed by atoms with Gasteiger partial charge in [0.05, 0.1) is 5.38 Å². The summed E-state index contributed by atoms with van der Waals surface area (Å²) in [6.07, 6.45) is 3.03. The highest BCUT2D eigenvalue weighted by molar-refractivity contribution is 6.30. The smallest absolute Gasteiger partial charge is 0.251 e. The first-order valence-electron chi connectivity index (χ1n) is 5.79. The molecule has 1 amide bonds. The van der Waals surface area contributed by atoms with Gasteiger partial charge in [0.2, 0.25) is 0 Å². The number of halogens is 2. The maximum Gasteiger partial charge on any atom is 0.251 e. The summed E-state index contributed by atoms with van der Waals surface area (Å²) in [6, 6.07) is 5.38. The third-order valence-electron chi connectivity index (χ3n) is 3.18. The van der Waals surface area contributed by atoms with Crippen molar-refractivity contribution in [2.24, 2.45) is 0 Å².